The van der Waals surface area contributed by atoms with Gasteiger partial charge in [0.1, 0.15) is 6.10 Å². The Hall–Kier alpha value is -1.61. The van der Waals surface area contributed by atoms with Crippen molar-refractivity contribution < 1.29 is 22.1 Å². The van der Waals surface area contributed by atoms with Gasteiger partial charge in [-0.2, -0.15) is 0 Å². The largest absolute Gasteiger partial charge is 0.147 e. The molecule has 0 unspecified atom stereocenters. The second kappa shape index (κ2) is 13.6. The molecular weight excluding hydrogens is 423 g/mol. The molecule has 4 heteroatoms. The van der Waals surface area contributed by atoms with E-state index in [1.54, 1.807) is 0 Å². The van der Waals surface area contributed by atoms with Crippen LogP contribution in [0.4, 0.5) is 0 Å². The van der Waals surface area contributed by atoms with Gasteiger partial charge in [-0.15, -0.1) is 47.5 Å². The second-order valence-corrected chi connectivity index (χ2v) is 8.47. The van der Waals surface area contributed by atoms with Crippen molar-refractivity contribution in [2.45, 2.75) is 12.5 Å². The smallest absolute Gasteiger partial charge is 0.0434 e. The van der Waals surface area contributed by atoms with Crippen molar-refractivity contribution in [2.75, 3.05) is 0 Å². The van der Waals surface area contributed by atoms with Crippen molar-refractivity contribution in [3.8, 4) is 0 Å². The molecule has 0 spiro atoms. The molecule has 0 aliphatic heterocycles. The monoisotopic (exact) mass is 443 g/mol. The van der Waals surface area contributed by atoms with E-state index in [-0.39, 0.29) is 0 Å². The van der Waals surface area contributed by atoms with Gasteiger partial charge < -0.3 is 5.11 Å². The molecule has 1 N–H and O–H groups in total. The quantitative estimate of drug-likeness (QED) is 0.342. The van der Waals surface area contributed by atoms with E-state index in [1.807, 2.05) is 78.9 Å². The van der Waals surface area contributed by atoms with E-state index in [9.17, 15) is 5.11 Å². The molecule has 0 heterocycles. The Morgan fingerprint density at radius 2 is 1.36 bits per heavy atom. The SMILES string of the molecule is OC(c1ccccc1)c1ccccc1.[Cl][Ti][Cl].[c-]1ccccc1C1=CC=CC1. The fourth-order valence-corrected chi connectivity index (χ4v) is 2.70. The summed E-state index contributed by atoms with van der Waals surface area (Å²) in [7, 11) is 9.78. The summed E-state index contributed by atoms with van der Waals surface area (Å²) < 4.78 is 0. The number of hydrogen-bond donors (Lipinski definition) is 1. The summed E-state index contributed by atoms with van der Waals surface area (Å²) in [6.07, 6.45) is 6.94. The maximum Gasteiger partial charge on any atom is -0.0434 e. The van der Waals surface area contributed by atoms with E-state index in [1.165, 1.54) is 11.1 Å². The molecule has 0 fully saturated rings. The molecule has 3 aromatic rings. The van der Waals surface area contributed by atoms with E-state index in [0.29, 0.717) is 0 Å². The Kier molecular flexibility index (Phi) is 11.0. The van der Waals surface area contributed by atoms with E-state index in [4.69, 9.17) is 18.6 Å². The molecule has 3 aromatic carbocycles. The molecule has 0 radical (unpaired) electrons. The number of halogens is 2. The average molecular weight is 444 g/mol. The number of allylic oxidation sites excluding steroid dienone is 4. The molecule has 0 saturated carbocycles. The Morgan fingerprint density at radius 1 is 0.821 bits per heavy atom. The molecule has 0 bridgehead atoms. The summed E-state index contributed by atoms with van der Waals surface area (Å²) in [4.78, 5) is 0. The third-order valence-electron chi connectivity index (χ3n) is 4.06. The molecule has 1 nitrogen and oxygen atoms in total. The summed E-state index contributed by atoms with van der Waals surface area (Å²) in [5.74, 6) is 0. The van der Waals surface area contributed by atoms with Crippen LogP contribution in [-0.2, 0) is 17.0 Å². The van der Waals surface area contributed by atoms with Crippen LogP contribution in [0.1, 0.15) is 29.2 Å². The van der Waals surface area contributed by atoms with Crippen LogP contribution in [0, 0.1) is 6.07 Å². The summed E-state index contributed by atoms with van der Waals surface area (Å²) in [6, 6.07) is 30.6. The molecule has 4 rings (SSSR count). The third-order valence-corrected chi connectivity index (χ3v) is 4.06. The minimum absolute atomic E-state index is 0.516. The first-order chi connectivity index (χ1) is 13.8. The zero-order valence-corrected chi connectivity index (χ0v) is 18.4. The Balaban J connectivity index is 0.000000180. The van der Waals surface area contributed by atoms with Crippen molar-refractivity contribution in [1.82, 2.24) is 0 Å². The summed E-state index contributed by atoms with van der Waals surface area (Å²) in [5, 5.41) is 9.99. The van der Waals surface area contributed by atoms with Crippen LogP contribution in [0.25, 0.3) is 5.57 Å². The van der Waals surface area contributed by atoms with E-state index < -0.39 is 23.1 Å². The molecule has 0 saturated heterocycles. The predicted molar refractivity (Wildman–Crippen MR) is 116 cm³/mol. The van der Waals surface area contributed by atoms with Crippen LogP contribution in [0.5, 0.6) is 0 Å². The van der Waals surface area contributed by atoms with Gasteiger partial charge in [-0.25, -0.2) is 0 Å². The Morgan fingerprint density at radius 3 is 1.79 bits per heavy atom. The predicted octanol–water partition coefficient (Wildman–Crippen LogP) is 6.97. The van der Waals surface area contributed by atoms with Crippen LogP contribution in [0.15, 0.2) is 103 Å². The maximum absolute atomic E-state index is 9.99. The van der Waals surface area contributed by atoms with Crippen molar-refractivity contribution in [2.24, 2.45) is 0 Å². The summed E-state index contributed by atoms with van der Waals surface area (Å²) in [5.41, 5.74) is 4.44. The molecular formula is C24H21Cl2OTi-. The molecule has 28 heavy (non-hydrogen) atoms. The number of hydrogen-bond acceptors (Lipinski definition) is 1. The normalized spacial score (nSPS) is 11.6. The second-order valence-electron chi connectivity index (χ2n) is 5.90. The van der Waals surface area contributed by atoms with Gasteiger partial charge in [-0.05, 0) is 17.5 Å². The molecule has 0 amide bonds. The first-order valence-corrected chi connectivity index (χ1v) is 13.1. The number of rotatable bonds is 3. The fourth-order valence-electron chi connectivity index (χ4n) is 2.70. The minimum Gasteiger partial charge on any atom is -0.147 e. The molecule has 142 valence electrons. The maximum atomic E-state index is 9.99. The van der Waals surface area contributed by atoms with Crippen molar-refractivity contribution >= 4 is 24.2 Å². The van der Waals surface area contributed by atoms with Gasteiger partial charge in [0.15, 0.2) is 0 Å². The Bertz CT molecular complexity index is 810. The van der Waals surface area contributed by atoms with Crippen molar-refractivity contribution in [3.05, 3.63) is 126 Å². The van der Waals surface area contributed by atoms with Crippen LogP contribution >= 0.6 is 18.6 Å². The first-order valence-electron chi connectivity index (χ1n) is 8.83. The van der Waals surface area contributed by atoms with E-state index in [0.717, 1.165) is 17.5 Å². The summed E-state index contributed by atoms with van der Waals surface area (Å²) >= 11 is -0.556. The molecule has 0 atom stereocenters. The first kappa shape index (κ1) is 22.7. The topological polar surface area (TPSA) is 20.2 Å². The van der Waals surface area contributed by atoms with E-state index >= 15 is 0 Å². The molecule has 1 aliphatic carbocycles. The fraction of sp³-hybridized carbons (Fsp3) is 0.0833. The van der Waals surface area contributed by atoms with Gasteiger partial charge >= 0.3 is 35.6 Å². The van der Waals surface area contributed by atoms with Gasteiger partial charge in [-0.1, -0.05) is 72.8 Å². The zero-order valence-electron chi connectivity index (χ0n) is 15.3. The number of aliphatic hydroxyl groups is 1. The van der Waals surface area contributed by atoms with Gasteiger partial charge in [0.2, 0.25) is 0 Å². The standard InChI is InChI=1S/C13H12O.C11H9.2ClH.Ti/c14-13(11-7-3-1-4-8-11)12-9-5-2-6-10-12;1-2-6-10(7-3-1)11-8-4-5-9-11;;;/h1-10,13-14H;1-6,8H,9H2;2*1H;/q;-1;;;+2/p-2. The minimum atomic E-state index is -0.556. The van der Waals surface area contributed by atoms with Gasteiger partial charge in [-0.3, -0.25) is 0 Å². The van der Waals surface area contributed by atoms with Crippen LogP contribution < -0.4 is 0 Å². The van der Waals surface area contributed by atoms with Crippen molar-refractivity contribution in [3.63, 3.8) is 0 Å². The third kappa shape index (κ3) is 7.79. The number of aliphatic hydroxyl groups excluding tert-OH is 1. The van der Waals surface area contributed by atoms with Crippen LogP contribution in [-0.4, -0.2) is 5.11 Å². The van der Waals surface area contributed by atoms with Crippen LogP contribution in [0.3, 0.4) is 0 Å². The van der Waals surface area contributed by atoms with E-state index in [2.05, 4.69) is 30.4 Å². The number of benzene rings is 3. The van der Waals surface area contributed by atoms with Crippen molar-refractivity contribution in [1.29, 1.82) is 0 Å². The van der Waals surface area contributed by atoms with Gasteiger partial charge in [0, 0.05) is 0 Å². The van der Waals surface area contributed by atoms with Crippen LogP contribution in [0.2, 0.25) is 0 Å². The molecule has 0 aromatic heterocycles. The average Bonchev–Trinajstić information content (AvgIpc) is 3.31. The summed E-state index contributed by atoms with van der Waals surface area (Å²) in [6.45, 7) is 0. The molecule has 1 aliphatic rings. The zero-order chi connectivity index (χ0) is 20.0. The Labute approximate surface area is 184 Å². The van der Waals surface area contributed by atoms with Gasteiger partial charge in [0.25, 0.3) is 0 Å². The van der Waals surface area contributed by atoms with Gasteiger partial charge in [0.05, 0.1) is 0 Å².